The third-order valence-corrected chi connectivity index (χ3v) is 2.09. The Kier molecular flexibility index (Phi) is 4.66. The monoisotopic (exact) mass is 198 g/mol. The van der Waals surface area contributed by atoms with Gasteiger partial charge in [0.2, 0.25) is 0 Å². The number of carbonyl (C=O) groups excluding carboxylic acids is 1. The molecule has 0 bridgehead atoms. The Morgan fingerprint density at radius 2 is 2.29 bits per heavy atom. The van der Waals surface area contributed by atoms with Crippen LogP contribution in [0.1, 0.15) is 33.1 Å². The second kappa shape index (κ2) is 5.81. The van der Waals surface area contributed by atoms with E-state index in [4.69, 9.17) is 9.47 Å². The summed E-state index contributed by atoms with van der Waals surface area (Å²) in [5, 5.41) is 0. The van der Waals surface area contributed by atoms with Gasteiger partial charge in [-0.05, 0) is 13.3 Å². The normalized spacial score (nSPS) is 25.3. The van der Waals surface area contributed by atoms with Gasteiger partial charge in [-0.2, -0.15) is 0 Å². The number of epoxide rings is 1. The number of allylic oxidation sites excluding steroid dienone is 1. The predicted octanol–water partition coefficient (Wildman–Crippen LogP) is 2.06. The molecule has 2 atom stereocenters. The summed E-state index contributed by atoms with van der Waals surface area (Å²) in [6, 6.07) is 0. The average Bonchev–Trinajstić information content (AvgIpc) is 2.92. The van der Waals surface area contributed by atoms with E-state index in [0.717, 1.165) is 6.42 Å². The van der Waals surface area contributed by atoms with Crippen molar-refractivity contribution in [2.45, 2.75) is 45.3 Å². The molecule has 0 amide bonds. The number of unbranched alkanes of at least 4 members (excludes halogenated alkanes) is 2. The molecule has 0 aliphatic carbocycles. The van der Waals surface area contributed by atoms with E-state index < -0.39 is 0 Å². The number of rotatable bonds is 6. The van der Waals surface area contributed by atoms with Crippen molar-refractivity contribution in [3.63, 3.8) is 0 Å². The molecule has 0 aromatic rings. The van der Waals surface area contributed by atoms with Crippen LogP contribution in [-0.2, 0) is 14.3 Å². The predicted molar refractivity (Wildman–Crippen MR) is 54.0 cm³/mol. The minimum absolute atomic E-state index is 0.0362. The maximum Gasteiger partial charge on any atom is 0.338 e. The molecule has 0 spiro atoms. The van der Waals surface area contributed by atoms with Crippen LogP contribution >= 0.6 is 0 Å². The summed E-state index contributed by atoms with van der Waals surface area (Å²) in [4.78, 5) is 11.1. The van der Waals surface area contributed by atoms with Crippen molar-refractivity contribution in [2.75, 3.05) is 6.61 Å². The summed E-state index contributed by atoms with van der Waals surface area (Å²) in [7, 11) is 0. The summed E-state index contributed by atoms with van der Waals surface area (Å²) in [6.07, 6.45) is 7.10. The van der Waals surface area contributed by atoms with E-state index in [1.54, 1.807) is 6.92 Å². The van der Waals surface area contributed by atoms with Crippen molar-refractivity contribution in [3.8, 4) is 0 Å². The van der Waals surface area contributed by atoms with Crippen LogP contribution in [0.15, 0.2) is 12.2 Å². The van der Waals surface area contributed by atoms with Crippen LogP contribution in [0.25, 0.3) is 0 Å². The number of esters is 1. The van der Waals surface area contributed by atoms with E-state index in [1.807, 2.05) is 6.08 Å². The van der Waals surface area contributed by atoms with Gasteiger partial charge in [-0.1, -0.05) is 31.9 Å². The molecule has 0 radical (unpaired) electrons. The molecule has 0 aromatic carbocycles. The Bertz CT molecular complexity index is 211. The van der Waals surface area contributed by atoms with Crippen LogP contribution in [0.5, 0.6) is 0 Å². The number of hydrogen-bond acceptors (Lipinski definition) is 3. The highest BCUT2D eigenvalue weighted by atomic mass is 16.6. The highest BCUT2D eigenvalue weighted by Gasteiger charge is 2.44. The second-order valence-electron chi connectivity index (χ2n) is 3.34. The molecule has 1 rings (SSSR count). The fourth-order valence-electron chi connectivity index (χ4n) is 1.24. The fraction of sp³-hybridized carbons (Fsp3) is 0.727. The van der Waals surface area contributed by atoms with E-state index in [1.165, 1.54) is 12.8 Å². The van der Waals surface area contributed by atoms with E-state index >= 15 is 0 Å². The highest BCUT2D eigenvalue weighted by molar-refractivity contribution is 5.78. The molecule has 0 aromatic heterocycles. The van der Waals surface area contributed by atoms with Crippen LogP contribution in [0.2, 0.25) is 0 Å². The van der Waals surface area contributed by atoms with Gasteiger partial charge in [-0.25, -0.2) is 4.79 Å². The maximum atomic E-state index is 11.1. The molecule has 2 unspecified atom stereocenters. The largest absolute Gasteiger partial charge is 0.464 e. The zero-order chi connectivity index (χ0) is 10.4. The lowest BCUT2D eigenvalue weighted by Crippen LogP contribution is -2.12. The Labute approximate surface area is 85.1 Å². The summed E-state index contributed by atoms with van der Waals surface area (Å²) >= 11 is 0. The Balaban J connectivity index is 2.13. The van der Waals surface area contributed by atoms with E-state index in [-0.39, 0.29) is 18.2 Å². The smallest absolute Gasteiger partial charge is 0.338 e. The number of ether oxygens (including phenoxy) is 2. The van der Waals surface area contributed by atoms with Crippen molar-refractivity contribution in [1.82, 2.24) is 0 Å². The Morgan fingerprint density at radius 3 is 2.93 bits per heavy atom. The molecule has 0 saturated carbocycles. The molecule has 14 heavy (non-hydrogen) atoms. The molecular formula is C11H18O3. The third kappa shape index (κ3) is 3.50. The lowest BCUT2D eigenvalue weighted by molar-refractivity contribution is -0.144. The quantitative estimate of drug-likeness (QED) is 0.284. The molecule has 1 heterocycles. The molecule has 1 aliphatic heterocycles. The zero-order valence-corrected chi connectivity index (χ0v) is 8.86. The molecule has 1 fully saturated rings. The molecule has 3 nitrogen and oxygen atoms in total. The number of hydrogen-bond donors (Lipinski definition) is 0. The maximum absolute atomic E-state index is 11.1. The van der Waals surface area contributed by atoms with Crippen LogP contribution < -0.4 is 0 Å². The van der Waals surface area contributed by atoms with E-state index in [9.17, 15) is 4.79 Å². The van der Waals surface area contributed by atoms with Gasteiger partial charge < -0.3 is 9.47 Å². The van der Waals surface area contributed by atoms with Crippen molar-refractivity contribution in [2.24, 2.45) is 0 Å². The Morgan fingerprint density at radius 1 is 1.50 bits per heavy atom. The molecule has 80 valence electrons. The fourth-order valence-corrected chi connectivity index (χ4v) is 1.24. The lowest BCUT2D eigenvalue weighted by Gasteiger charge is -1.94. The van der Waals surface area contributed by atoms with Gasteiger partial charge in [0.15, 0.2) is 6.10 Å². The summed E-state index contributed by atoms with van der Waals surface area (Å²) in [6.45, 7) is 4.38. The lowest BCUT2D eigenvalue weighted by atomic mass is 10.2. The first-order valence-electron chi connectivity index (χ1n) is 5.28. The molecule has 1 aliphatic rings. The van der Waals surface area contributed by atoms with Crippen molar-refractivity contribution in [3.05, 3.63) is 12.2 Å². The van der Waals surface area contributed by atoms with Gasteiger partial charge in [-0.15, -0.1) is 0 Å². The minimum Gasteiger partial charge on any atom is -0.464 e. The number of carbonyl (C=O) groups is 1. The molecular weight excluding hydrogens is 180 g/mol. The van der Waals surface area contributed by atoms with Gasteiger partial charge in [-0.3, -0.25) is 0 Å². The third-order valence-electron chi connectivity index (χ3n) is 2.09. The van der Waals surface area contributed by atoms with E-state index in [2.05, 4.69) is 13.0 Å². The first-order chi connectivity index (χ1) is 6.79. The first-order valence-corrected chi connectivity index (χ1v) is 5.28. The summed E-state index contributed by atoms with van der Waals surface area (Å²) in [5.41, 5.74) is 0. The van der Waals surface area contributed by atoms with Gasteiger partial charge >= 0.3 is 5.97 Å². The van der Waals surface area contributed by atoms with E-state index in [0.29, 0.717) is 6.61 Å². The summed E-state index contributed by atoms with van der Waals surface area (Å²) in [5.74, 6) is -0.238. The molecule has 1 saturated heterocycles. The van der Waals surface area contributed by atoms with Crippen molar-refractivity contribution >= 4 is 5.97 Å². The Hall–Kier alpha value is -0.830. The zero-order valence-electron chi connectivity index (χ0n) is 8.86. The van der Waals surface area contributed by atoms with Crippen molar-refractivity contribution in [1.29, 1.82) is 0 Å². The van der Waals surface area contributed by atoms with Crippen LogP contribution in [0, 0.1) is 0 Å². The average molecular weight is 198 g/mol. The standard InChI is InChI=1S/C11H18O3/c1-3-5-6-7-8-9-10(14-9)11(12)13-4-2/h7-10H,3-6H2,1-2H3/b8-7+. The minimum atomic E-state index is -0.340. The van der Waals surface area contributed by atoms with Crippen LogP contribution in [0.3, 0.4) is 0 Å². The van der Waals surface area contributed by atoms with Crippen molar-refractivity contribution < 1.29 is 14.3 Å². The second-order valence-corrected chi connectivity index (χ2v) is 3.34. The van der Waals surface area contributed by atoms with Gasteiger partial charge in [0.1, 0.15) is 6.10 Å². The summed E-state index contributed by atoms with van der Waals surface area (Å²) < 4.78 is 9.98. The SMILES string of the molecule is CCCC/C=C/C1OC1C(=O)OCC. The molecule has 3 heteroatoms. The van der Waals surface area contributed by atoms with Gasteiger partial charge in [0.05, 0.1) is 6.61 Å². The van der Waals surface area contributed by atoms with Gasteiger partial charge in [0.25, 0.3) is 0 Å². The van der Waals surface area contributed by atoms with Crippen LogP contribution in [0.4, 0.5) is 0 Å². The molecule has 0 N–H and O–H groups in total. The van der Waals surface area contributed by atoms with Gasteiger partial charge in [0, 0.05) is 0 Å². The topological polar surface area (TPSA) is 38.8 Å². The highest BCUT2D eigenvalue weighted by Crippen LogP contribution is 2.24. The van der Waals surface area contributed by atoms with Crippen LogP contribution in [-0.4, -0.2) is 24.8 Å². The first kappa shape index (κ1) is 11.2.